The summed E-state index contributed by atoms with van der Waals surface area (Å²) in [6.45, 7) is 6.90. The number of hydrogen-bond donors (Lipinski definition) is 2. The molecule has 3 fully saturated rings. The van der Waals surface area contributed by atoms with Crippen molar-refractivity contribution in [3.8, 4) is 0 Å². The van der Waals surface area contributed by atoms with Crippen LogP contribution in [0.2, 0.25) is 0 Å². The number of ether oxygens (including phenoxy) is 1. The third kappa shape index (κ3) is 9.27. The minimum Gasteiger partial charge on any atom is -0.468 e. The summed E-state index contributed by atoms with van der Waals surface area (Å²) in [5, 5.41) is 11.9. The lowest BCUT2D eigenvalue weighted by Crippen LogP contribution is -2.52. The molecule has 2 N–H and O–H groups in total. The van der Waals surface area contributed by atoms with Crippen molar-refractivity contribution in [2.24, 2.45) is 16.9 Å². The summed E-state index contributed by atoms with van der Waals surface area (Å²) in [5.74, 6) is 1.63. The Balaban J connectivity index is 0.000000587. The van der Waals surface area contributed by atoms with Crippen LogP contribution >= 0.6 is 0 Å². The maximum atomic E-state index is 12.9. The number of nitrogens with one attached hydrogen (secondary N) is 2. The zero-order valence-corrected chi connectivity index (χ0v) is 25.1. The summed E-state index contributed by atoms with van der Waals surface area (Å²) < 4.78 is 4.41. The summed E-state index contributed by atoms with van der Waals surface area (Å²) in [6.07, 6.45) is 5.21. The van der Waals surface area contributed by atoms with Gasteiger partial charge in [-0.2, -0.15) is 5.10 Å². The van der Waals surface area contributed by atoms with E-state index in [4.69, 9.17) is 0 Å². The Hall–Kier alpha value is -3.47. The molecule has 4 rings (SSSR count). The fourth-order valence-corrected chi connectivity index (χ4v) is 5.52. The topological polar surface area (TPSA) is 124 Å². The van der Waals surface area contributed by atoms with Crippen LogP contribution in [0.5, 0.6) is 0 Å². The van der Waals surface area contributed by atoms with Gasteiger partial charge in [0.1, 0.15) is 0 Å². The van der Waals surface area contributed by atoms with Crippen molar-refractivity contribution < 1.29 is 23.9 Å². The van der Waals surface area contributed by atoms with Gasteiger partial charge in [0.05, 0.1) is 6.61 Å². The van der Waals surface area contributed by atoms with Crippen LogP contribution < -0.4 is 10.6 Å². The van der Waals surface area contributed by atoms with Gasteiger partial charge < -0.3 is 20.0 Å². The predicted octanol–water partition coefficient (Wildman–Crippen LogP) is 2.76. The van der Waals surface area contributed by atoms with Crippen molar-refractivity contribution in [1.29, 1.82) is 0 Å². The minimum atomic E-state index is -0.443. The molecule has 1 aromatic carbocycles. The van der Waals surface area contributed by atoms with Crippen molar-refractivity contribution in [3.05, 3.63) is 35.4 Å². The second-order valence-corrected chi connectivity index (χ2v) is 11.6. The molecule has 2 heterocycles. The Labute approximate surface area is 243 Å². The summed E-state index contributed by atoms with van der Waals surface area (Å²) in [6, 6.07) is 8.22. The molecule has 2 atom stereocenters. The molecule has 0 bridgehead atoms. The number of benzene rings is 1. The molecule has 11 nitrogen and oxygen atoms in total. The monoisotopic (exact) mass is 570 g/mol. The molecular formula is C30H46N6O5. The minimum absolute atomic E-state index is 0.171. The lowest BCUT2D eigenvalue weighted by molar-refractivity contribution is -0.136. The third-order valence-electron chi connectivity index (χ3n) is 7.74. The Morgan fingerprint density at radius 1 is 1.12 bits per heavy atom. The first-order chi connectivity index (χ1) is 19.6. The number of urea groups is 1. The Kier molecular flexibility index (Phi) is 12.1. The highest BCUT2D eigenvalue weighted by atomic mass is 16.5. The second kappa shape index (κ2) is 15.5. The van der Waals surface area contributed by atoms with Gasteiger partial charge >= 0.3 is 6.03 Å². The van der Waals surface area contributed by atoms with E-state index in [-0.39, 0.29) is 18.2 Å². The van der Waals surface area contributed by atoms with Gasteiger partial charge in [-0.15, -0.1) is 0 Å². The molecule has 1 saturated carbocycles. The maximum absolute atomic E-state index is 12.9. The second-order valence-electron chi connectivity index (χ2n) is 11.6. The molecule has 1 aromatic rings. The van der Waals surface area contributed by atoms with Gasteiger partial charge in [-0.1, -0.05) is 38.1 Å². The van der Waals surface area contributed by atoms with E-state index in [1.54, 1.807) is 19.1 Å². The SMILES string of the molecule is CC(C)COC=O.CNC1CCC(C(=O)N2CCC(c3ccc(/C(=N\N(C)C)N4CCC(=O)NC4=O)cc3)CC2)C1. The van der Waals surface area contributed by atoms with E-state index in [9.17, 15) is 19.2 Å². The van der Waals surface area contributed by atoms with Crippen LogP contribution in [0, 0.1) is 11.8 Å². The summed E-state index contributed by atoms with van der Waals surface area (Å²) in [4.78, 5) is 49.9. The zero-order chi connectivity index (χ0) is 29.9. The first kappa shape index (κ1) is 32.0. The number of amides is 4. The lowest BCUT2D eigenvalue weighted by atomic mass is 9.88. The number of rotatable bonds is 8. The average Bonchev–Trinajstić information content (AvgIpc) is 3.45. The molecular weight excluding hydrogens is 524 g/mol. The van der Waals surface area contributed by atoms with Gasteiger partial charge in [0.2, 0.25) is 11.8 Å². The fourth-order valence-electron chi connectivity index (χ4n) is 5.52. The molecule has 0 aromatic heterocycles. The number of imide groups is 1. The van der Waals surface area contributed by atoms with Crippen LogP contribution in [-0.2, 0) is 19.1 Å². The largest absolute Gasteiger partial charge is 0.468 e. The van der Waals surface area contributed by atoms with Crippen LogP contribution in [0.25, 0.3) is 0 Å². The standard InChI is InChI=1S/C25H36N6O3.C5H10O2/c1-26-21-9-8-20(16-21)24(33)30-13-10-18(11-14-30)17-4-6-19(7-5-17)23(28-29(2)3)31-15-12-22(32)27-25(31)34;1-5(2)3-7-4-6/h4-7,18,20-21,26H,8-16H2,1-3H3,(H,27,32,34);4-5H,3H2,1-2H3/b28-23+;. The van der Waals surface area contributed by atoms with Crippen LogP contribution in [0.1, 0.15) is 69.4 Å². The first-order valence-corrected chi connectivity index (χ1v) is 14.6. The van der Waals surface area contributed by atoms with Gasteiger partial charge in [-0.05, 0) is 56.6 Å². The number of hydrogen-bond acceptors (Lipinski definition) is 8. The summed E-state index contributed by atoms with van der Waals surface area (Å²) >= 11 is 0. The van der Waals surface area contributed by atoms with E-state index in [0.29, 0.717) is 49.2 Å². The van der Waals surface area contributed by atoms with Crippen molar-refractivity contribution in [2.45, 2.75) is 64.3 Å². The molecule has 2 aliphatic heterocycles. The molecule has 226 valence electrons. The van der Waals surface area contributed by atoms with E-state index < -0.39 is 6.03 Å². The average molecular weight is 571 g/mol. The van der Waals surface area contributed by atoms with Crippen molar-refractivity contribution in [2.75, 3.05) is 47.4 Å². The number of nitrogens with zero attached hydrogens (tertiary/aromatic N) is 4. The number of likely N-dealkylation sites (tertiary alicyclic amines) is 1. The van der Waals surface area contributed by atoms with E-state index in [1.165, 1.54) is 10.5 Å². The van der Waals surface area contributed by atoms with Crippen LogP contribution in [-0.4, -0.2) is 98.4 Å². The van der Waals surface area contributed by atoms with E-state index in [0.717, 1.165) is 50.8 Å². The highest BCUT2D eigenvalue weighted by Gasteiger charge is 2.34. The van der Waals surface area contributed by atoms with E-state index in [2.05, 4.69) is 37.5 Å². The number of carbonyl (C=O) groups is 4. The highest BCUT2D eigenvalue weighted by Crippen LogP contribution is 2.32. The number of piperidine rings is 1. The molecule has 11 heteroatoms. The van der Waals surface area contributed by atoms with Gasteiger partial charge in [-0.3, -0.25) is 24.6 Å². The fraction of sp³-hybridized carbons (Fsp3) is 0.633. The van der Waals surface area contributed by atoms with Gasteiger partial charge in [0.25, 0.3) is 6.47 Å². The van der Waals surface area contributed by atoms with Crippen molar-refractivity contribution in [1.82, 2.24) is 25.4 Å². The van der Waals surface area contributed by atoms with Gasteiger partial charge in [0, 0.05) is 57.7 Å². The summed E-state index contributed by atoms with van der Waals surface area (Å²) in [5.41, 5.74) is 2.07. The molecule has 4 amide bonds. The van der Waals surface area contributed by atoms with Crippen LogP contribution in [0.4, 0.5) is 4.79 Å². The van der Waals surface area contributed by atoms with Crippen LogP contribution in [0.15, 0.2) is 29.4 Å². The highest BCUT2D eigenvalue weighted by molar-refractivity contribution is 6.11. The third-order valence-corrected chi connectivity index (χ3v) is 7.74. The van der Waals surface area contributed by atoms with Gasteiger partial charge in [0.15, 0.2) is 5.84 Å². The molecule has 1 aliphatic carbocycles. The number of hydrazone groups is 1. The van der Waals surface area contributed by atoms with E-state index in [1.807, 2.05) is 33.0 Å². The van der Waals surface area contributed by atoms with Crippen LogP contribution in [0.3, 0.4) is 0 Å². The Morgan fingerprint density at radius 3 is 2.32 bits per heavy atom. The quantitative estimate of drug-likeness (QED) is 0.213. The molecule has 2 saturated heterocycles. The first-order valence-electron chi connectivity index (χ1n) is 14.6. The van der Waals surface area contributed by atoms with Gasteiger partial charge in [-0.25, -0.2) is 4.79 Å². The Bertz CT molecular complexity index is 1070. The molecule has 0 spiro atoms. The molecule has 3 aliphatic rings. The zero-order valence-electron chi connectivity index (χ0n) is 25.1. The number of carbonyl (C=O) groups excluding carboxylic acids is 4. The lowest BCUT2D eigenvalue weighted by Gasteiger charge is -2.34. The predicted molar refractivity (Wildman–Crippen MR) is 157 cm³/mol. The maximum Gasteiger partial charge on any atom is 0.329 e. The summed E-state index contributed by atoms with van der Waals surface area (Å²) in [7, 11) is 5.59. The molecule has 0 radical (unpaired) electrons. The molecule has 41 heavy (non-hydrogen) atoms. The van der Waals surface area contributed by atoms with Crippen molar-refractivity contribution in [3.63, 3.8) is 0 Å². The number of amidine groups is 1. The van der Waals surface area contributed by atoms with Crippen molar-refractivity contribution >= 4 is 30.2 Å². The molecule has 2 unspecified atom stereocenters. The Morgan fingerprint density at radius 2 is 1.80 bits per heavy atom. The normalized spacial score (nSPS) is 21.8. The smallest absolute Gasteiger partial charge is 0.329 e. The van der Waals surface area contributed by atoms with E-state index >= 15 is 0 Å².